The Labute approximate surface area is 113 Å². The van der Waals surface area contributed by atoms with Crippen LogP contribution in [0.3, 0.4) is 0 Å². The highest BCUT2D eigenvalue weighted by Gasteiger charge is 2.11. The Bertz CT molecular complexity index is 575. The van der Waals surface area contributed by atoms with Gasteiger partial charge in [0.25, 0.3) is 5.19 Å². The van der Waals surface area contributed by atoms with Crippen LogP contribution in [0, 0.1) is 5.82 Å². The van der Waals surface area contributed by atoms with Crippen molar-refractivity contribution in [2.45, 2.75) is 0 Å². The van der Waals surface area contributed by atoms with Crippen LogP contribution in [0.4, 0.5) is 4.39 Å². The van der Waals surface area contributed by atoms with Gasteiger partial charge in [-0.3, -0.25) is 4.79 Å². The molecule has 0 unspecified atom stereocenters. The number of carbonyl (C=O) groups excluding carboxylic acids is 1. The molecular weight excluding hydrogens is 333 g/mol. The van der Waals surface area contributed by atoms with E-state index in [1.165, 1.54) is 18.2 Å². The van der Waals surface area contributed by atoms with Crippen LogP contribution in [0.1, 0.15) is 9.67 Å². The number of hydrogen-bond acceptors (Lipinski definition) is 4. The molecule has 0 aliphatic rings. The Kier molecular flexibility index (Phi) is 3.76. The summed E-state index contributed by atoms with van der Waals surface area (Å²) in [7, 11) is 0. The van der Waals surface area contributed by atoms with E-state index in [2.05, 4.69) is 20.9 Å². The van der Waals surface area contributed by atoms with Gasteiger partial charge in [-0.2, -0.15) is 4.98 Å². The molecule has 88 valence electrons. The molecule has 0 spiro atoms. The lowest BCUT2D eigenvalue weighted by Crippen LogP contribution is -1.85. The van der Waals surface area contributed by atoms with Crippen molar-refractivity contribution in [3.8, 4) is 10.9 Å². The second-order valence-electron chi connectivity index (χ2n) is 2.93. The molecule has 1 aromatic heterocycles. The fraction of sp³-hybridized carbons (Fsp3) is 0. The van der Waals surface area contributed by atoms with E-state index >= 15 is 0 Å². The topological polar surface area (TPSA) is 39.2 Å². The first kappa shape index (κ1) is 12.5. The van der Waals surface area contributed by atoms with Crippen molar-refractivity contribution < 1.29 is 13.9 Å². The summed E-state index contributed by atoms with van der Waals surface area (Å²) in [6.45, 7) is 0. The lowest BCUT2D eigenvalue weighted by molar-refractivity contribution is 0.112. The molecule has 2 aromatic rings. The van der Waals surface area contributed by atoms with Gasteiger partial charge in [-0.1, -0.05) is 22.9 Å². The lowest BCUT2D eigenvalue weighted by Gasteiger charge is -2.03. The molecule has 17 heavy (non-hydrogen) atoms. The highest BCUT2D eigenvalue weighted by atomic mass is 79.9. The van der Waals surface area contributed by atoms with Crippen LogP contribution in [-0.4, -0.2) is 11.3 Å². The molecule has 0 aliphatic heterocycles. The molecule has 0 atom stereocenters. The quantitative estimate of drug-likeness (QED) is 0.784. The predicted molar refractivity (Wildman–Crippen MR) is 66.7 cm³/mol. The first-order valence-electron chi connectivity index (χ1n) is 4.34. The van der Waals surface area contributed by atoms with E-state index in [-0.39, 0.29) is 16.2 Å². The van der Waals surface area contributed by atoms with Crippen LogP contribution >= 0.6 is 38.9 Å². The van der Waals surface area contributed by atoms with Gasteiger partial charge in [0.15, 0.2) is 11.4 Å². The minimum atomic E-state index is -0.380. The third kappa shape index (κ3) is 2.83. The van der Waals surface area contributed by atoms with E-state index in [1.54, 1.807) is 0 Å². The summed E-state index contributed by atoms with van der Waals surface area (Å²) in [6, 6.07) is 3.98. The maximum Gasteiger partial charge on any atom is 0.280 e. The number of nitrogens with zero attached hydrogens (tertiary/aromatic N) is 1. The molecule has 7 heteroatoms. The Morgan fingerprint density at radius 3 is 2.88 bits per heavy atom. The molecular formula is C10H4BrClFNO2S. The predicted octanol–water partition coefficient (Wildman–Crippen LogP) is 4.30. The molecule has 0 fully saturated rings. The highest BCUT2D eigenvalue weighted by molar-refractivity contribution is 9.10. The number of aldehydes is 1. The number of hydrogen-bond donors (Lipinski definition) is 0. The SMILES string of the molecule is O=Cc1sc(Oc2ccc(F)cc2Br)nc1Cl. The number of rotatable bonds is 3. The monoisotopic (exact) mass is 335 g/mol. The van der Waals surface area contributed by atoms with Gasteiger partial charge in [-0.15, -0.1) is 0 Å². The van der Waals surface area contributed by atoms with Gasteiger partial charge in [0.05, 0.1) is 4.47 Å². The summed E-state index contributed by atoms with van der Waals surface area (Å²) in [4.78, 5) is 14.7. The second kappa shape index (κ2) is 5.12. The molecule has 2 rings (SSSR count). The first-order valence-corrected chi connectivity index (χ1v) is 6.33. The van der Waals surface area contributed by atoms with Gasteiger partial charge >= 0.3 is 0 Å². The van der Waals surface area contributed by atoms with Crippen molar-refractivity contribution in [2.75, 3.05) is 0 Å². The van der Waals surface area contributed by atoms with Gasteiger partial charge in [0.1, 0.15) is 16.4 Å². The smallest absolute Gasteiger partial charge is 0.280 e. The molecule has 0 saturated heterocycles. The van der Waals surface area contributed by atoms with Crippen LogP contribution in [0.15, 0.2) is 22.7 Å². The fourth-order valence-corrected chi connectivity index (χ4v) is 2.42. The number of carbonyl (C=O) groups is 1. The van der Waals surface area contributed by atoms with Crippen LogP contribution in [0.25, 0.3) is 0 Å². The van der Waals surface area contributed by atoms with Gasteiger partial charge in [0.2, 0.25) is 0 Å². The third-order valence-corrected chi connectivity index (χ3v) is 3.67. The molecule has 0 radical (unpaired) electrons. The van der Waals surface area contributed by atoms with E-state index in [9.17, 15) is 9.18 Å². The number of thiazole rings is 1. The van der Waals surface area contributed by atoms with Crippen molar-refractivity contribution in [3.05, 3.63) is 38.5 Å². The molecule has 1 heterocycles. The Hall–Kier alpha value is -0.980. The number of halogens is 3. The molecule has 0 amide bonds. The van der Waals surface area contributed by atoms with E-state index in [0.717, 1.165) is 11.3 Å². The molecule has 0 N–H and O–H groups in total. The van der Waals surface area contributed by atoms with Crippen molar-refractivity contribution >= 4 is 45.2 Å². The zero-order chi connectivity index (χ0) is 12.4. The summed E-state index contributed by atoms with van der Waals surface area (Å²) in [5.74, 6) is 0.0178. The largest absolute Gasteiger partial charge is 0.430 e. The number of ether oxygens (including phenoxy) is 1. The van der Waals surface area contributed by atoms with Gasteiger partial charge in [-0.25, -0.2) is 4.39 Å². The van der Waals surface area contributed by atoms with E-state index in [1.807, 2.05) is 0 Å². The molecule has 0 aliphatic carbocycles. The summed E-state index contributed by atoms with van der Waals surface area (Å²) in [6.07, 6.45) is 0.604. The summed E-state index contributed by atoms with van der Waals surface area (Å²) in [5.41, 5.74) is 0. The standard InChI is InChI=1S/C10H4BrClFNO2S/c11-6-3-5(13)1-2-7(6)16-10-14-9(12)8(4-15)17-10/h1-4H. The van der Waals surface area contributed by atoms with Crippen LogP contribution in [-0.2, 0) is 0 Å². The molecule has 0 saturated carbocycles. The normalized spacial score (nSPS) is 10.3. The summed E-state index contributed by atoms with van der Waals surface area (Å²) >= 11 is 9.87. The number of aromatic nitrogens is 1. The van der Waals surface area contributed by atoms with E-state index in [4.69, 9.17) is 16.3 Å². The zero-order valence-electron chi connectivity index (χ0n) is 8.12. The van der Waals surface area contributed by atoms with Crippen LogP contribution in [0.5, 0.6) is 10.9 Å². The maximum atomic E-state index is 12.8. The third-order valence-electron chi connectivity index (χ3n) is 1.79. The van der Waals surface area contributed by atoms with Crippen molar-refractivity contribution in [1.29, 1.82) is 0 Å². The first-order chi connectivity index (χ1) is 8.10. The Morgan fingerprint density at radius 2 is 2.29 bits per heavy atom. The van der Waals surface area contributed by atoms with Crippen LogP contribution < -0.4 is 4.74 Å². The van der Waals surface area contributed by atoms with E-state index in [0.29, 0.717) is 21.4 Å². The van der Waals surface area contributed by atoms with Gasteiger partial charge in [0, 0.05) is 0 Å². The van der Waals surface area contributed by atoms with Crippen molar-refractivity contribution in [3.63, 3.8) is 0 Å². The highest BCUT2D eigenvalue weighted by Crippen LogP contribution is 2.34. The minimum absolute atomic E-state index is 0.0956. The van der Waals surface area contributed by atoms with E-state index < -0.39 is 0 Å². The zero-order valence-corrected chi connectivity index (χ0v) is 11.3. The molecule has 0 bridgehead atoms. The lowest BCUT2D eigenvalue weighted by atomic mass is 10.3. The van der Waals surface area contributed by atoms with Gasteiger partial charge in [-0.05, 0) is 34.1 Å². The van der Waals surface area contributed by atoms with Crippen molar-refractivity contribution in [1.82, 2.24) is 4.98 Å². The second-order valence-corrected chi connectivity index (χ2v) is 5.14. The average molecular weight is 337 g/mol. The molecule has 3 nitrogen and oxygen atoms in total. The van der Waals surface area contributed by atoms with Crippen molar-refractivity contribution in [2.24, 2.45) is 0 Å². The molecule has 1 aromatic carbocycles. The van der Waals surface area contributed by atoms with Gasteiger partial charge < -0.3 is 4.74 Å². The summed E-state index contributed by atoms with van der Waals surface area (Å²) in [5, 5.41) is 0.322. The minimum Gasteiger partial charge on any atom is -0.430 e. The Morgan fingerprint density at radius 1 is 1.53 bits per heavy atom. The average Bonchev–Trinajstić information content (AvgIpc) is 2.63. The fourth-order valence-electron chi connectivity index (χ4n) is 1.06. The number of benzene rings is 1. The maximum absolute atomic E-state index is 12.8. The summed E-state index contributed by atoms with van der Waals surface area (Å²) < 4.78 is 18.7. The Balaban J connectivity index is 2.28. The van der Waals surface area contributed by atoms with Crippen LogP contribution in [0.2, 0.25) is 5.15 Å².